The summed E-state index contributed by atoms with van der Waals surface area (Å²) in [4.78, 5) is 0.240. The Labute approximate surface area is 164 Å². The fourth-order valence-corrected chi connectivity index (χ4v) is 4.32. The van der Waals surface area contributed by atoms with Crippen molar-refractivity contribution < 1.29 is 8.42 Å². The molecule has 0 radical (unpaired) electrons. The summed E-state index contributed by atoms with van der Waals surface area (Å²) in [5.74, 6) is 2.97. The van der Waals surface area contributed by atoms with Gasteiger partial charge in [0.1, 0.15) is 0 Å². The van der Waals surface area contributed by atoms with Crippen LogP contribution in [0.1, 0.15) is 30.9 Å². The molecule has 0 aliphatic heterocycles. The van der Waals surface area contributed by atoms with Gasteiger partial charge in [0, 0.05) is 18.0 Å². The van der Waals surface area contributed by atoms with Gasteiger partial charge < -0.3 is 0 Å². The van der Waals surface area contributed by atoms with Gasteiger partial charge in [-0.05, 0) is 48.0 Å². The molecule has 0 saturated heterocycles. The Hall–Kier alpha value is -2.03. The maximum atomic E-state index is 13.2. The van der Waals surface area contributed by atoms with Gasteiger partial charge in [0.05, 0.1) is 10.9 Å². The van der Waals surface area contributed by atoms with E-state index in [2.05, 4.69) is 34.5 Å². The van der Waals surface area contributed by atoms with Crippen LogP contribution >= 0.6 is 15.9 Å². The highest BCUT2D eigenvalue weighted by Gasteiger charge is 2.28. The topological polar surface area (TPSA) is 37.4 Å². The first-order valence-electron chi connectivity index (χ1n) is 8.35. The molecule has 3 nitrogen and oxygen atoms in total. The summed E-state index contributed by atoms with van der Waals surface area (Å²) < 4.78 is 28.5. The molecule has 5 heteroatoms. The lowest BCUT2D eigenvalue weighted by Gasteiger charge is -2.27. The number of benzene rings is 2. The monoisotopic (exact) mass is 431 g/mol. The molecule has 1 atom stereocenters. The number of halogens is 1. The highest BCUT2D eigenvalue weighted by atomic mass is 79.9. The number of sulfonamides is 1. The summed E-state index contributed by atoms with van der Waals surface area (Å²) in [6.07, 6.45) is 1.12. The second-order valence-corrected chi connectivity index (χ2v) is 8.94. The minimum Gasteiger partial charge on any atom is -0.221 e. The third kappa shape index (κ3) is 5.23. The molecular weight excluding hydrogens is 410 g/mol. The summed E-state index contributed by atoms with van der Waals surface area (Å²) in [6, 6.07) is 18.8. The maximum absolute atomic E-state index is 13.2. The van der Waals surface area contributed by atoms with E-state index in [-0.39, 0.29) is 10.9 Å². The zero-order valence-corrected chi connectivity index (χ0v) is 17.3. The van der Waals surface area contributed by atoms with E-state index in [0.717, 1.165) is 15.6 Å². The van der Waals surface area contributed by atoms with Crippen LogP contribution < -0.4 is 0 Å². The standard InChI is InChI=1S/C21H22BrNO2S/c1-4-20(16-18(3)22)23(15-14-19-8-6-5-7-9-19)26(24,25)21-12-10-17(2)11-13-21/h5-13,20H,3-4,16H2,1-2H3. The molecule has 0 heterocycles. The van der Waals surface area contributed by atoms with Crippen molar-refractivity contribution in [2.75, 3.05) is 0 Å². The molecule has 1 unspecified atom stereocenters. The van der Waals surface area contributed by atoms with E-state index in [1.807, 2.05) is 44.2 Å². The van der Waals surface area contributed by atoms with Crippen LogP contribution in [0.5, 0.6) is 0 Å². The van der Waals surface area contributed by atoms with Crippen LogP contribution in [0.15, 0.2) is 70.6 Å². The Morgan fingerprint density at radius 2 is 1.77 bits per heavy atom. The molecule has 0 aliphatic rings. The molecule has 0 fully saturated rings. The molecule has 0 amide bonds. The third-order valence-electron chi connectivity index (χ3n) is 3.92. The molecule has 0 aliphatic carbocycles. The Morgan fingerprint density at radius 3 is 2.31 bits per heavy atom. The zero-order valence-electron chi connectivity index (χ0n) is 14.9. The summed E-state index contributed by atoms with van der Waals surface area (Å²) in [7, 11) is -3.75. The number of nitrogens with zero attached hydrogens (tertiary/aromatic N) is 1. The fraction of sp³-hybridized carbons (Fsp3) is 0.238. The average Bonchev–Trinajstić information content (AvgIpc) is 2.61. The quantitative estimate of drug-likeness (QED) is 0.472. The van der Waals surface area contributed by atoms with Crippen molar-refractivity contribution in [3.8, 4) is 12.0 Å². The van der Waals surface area contributed by atoms with Crippen LogP contribution in [-0.4, -0.2) is 18.8 Å². The van der Waals surface area contributed by atoms with Crippen molar-refractivity contribution >= 4 is 26.0 Å². The Bertz CT molecular complexity index is 910. The molecular formula is C21H22BrNO2S. The molecule has 0 N–H and O–H groups in total. The lowest BCUT2D eigenvalue weighted by atomic mass is 10.1. The number of hydrogen-bond acceptors (Lipinski definition) is 2. The third-order valence-corrected chi connectivity index (χ3v) is 6.02. The van der Waals surface area contributed by atoms with Crippen molar-refractivity contribution in [2.24, 2.45) is 0 Å². The van der Waals surface area contributed by atoms with Gasteiger partial charge in [-0.2, -0.15) is 0 Å². The molecule has 2 aromatic carbocycles. The molecule has 0 saturated carbocycles. The molecule has 2 rings (SSSR count). The minimum atomic E-state index is -3.75. The maximum Gasteiger partial charge on any atom is 0.271 e. The fourth-order valence-electron chi connectivity index (χ4n) is 2.46. The highest BCUT2D eigenvalue weighted by Crippen LogP contribution is 2.24. The van der Waals surface area contributed by atoms with Crippen molar-refractivity contribution in [2.45, 2.75) is 37.6 Å². The molecule has 0 aromatic heterocycles. The predicted molar refractivity (Wildman–Crippen MR) is 110 cm³/mol. The van der Waals surface area contributed by atoms with E-state index in [4.69, 9.17) is 0 Å². The summed E-state index contributed by atoms with van der Waals surface area (Å²) in [6.45, 7) is 7.73. The lowest BCUT2D eigenvalue weighted by Crippen LogP contribution is -2.36. The Kier molecular flexibility index (Phi) is 7.07. The molecule has 0 spiro atoms. The van der Waals surface area contributed by atoms with Gasteiger partial charge in [0.15, 0.2) is 0 Å². The first-order valence-corrected chi connectivity index (χ1v) is 10.6. The second kappa shape index (κ2) is 9.07. The Balaban J connectivity index is 2.50. The number of hydrogen-bond donors (Lipinski definition) is 0. The van der Waals surface area contributed by atoms with Crippen LogP contribution in [0.2, 0.25) is 0 Å². The van der Waals surface area contributed by atoms with Crippen LogP contribution in [0, 0.1) is 18.9 Å². The molecule has 0 bridgehead atoms. The van der Waals surface area contributed by atoms with E-state index >= 15 is 0 Å². The smallest absolute Gasteiger partial charge is 0.221 e. The van der Waals surface area contributed by atoms with Gasteiger partial charge >= 0.3 is 0 Å². The minimum absolute atomic E-state index is 0.240. The molecule has 2 aromatic rings. The summed E-state index contributed by atoms with van der Waals surface area (Å²) >= 11 is 3.35. The zero-order chi connectivity index (χ0) is 19.2. The van der Waals surface area contributed by atoms with E-state index in [1.165, 1.54) is 4.31 Å². The first kappa shape index (κ1) is 20.3. The number of aryl methyl sites for hydroxylation is 1. The van der Waals surface area contributed by atoms with Gasteiger partial charge in [0.25, 0.3) is 10.0 Å². The second-order valence-electron chi connectivity index (χ2n) is 6.00. The first-order chi connectivity index (χ1) is 12.3. The van der Waals surface area contributed by atoms with Gasteiger partial charge in [-0.3, -0.25) is 0 Å². The molecule has 136 valence electrons. The van der Waals surface area contributed by atoms with Crippen LogP contribution in [-0.2, 0) is 10.0 Å². The highest BCUT2D eigenvalue weighted by molar-refractivity contribution is 9.11. The summed E-state index contributed by atoms with van der Waals surface area (Å²) in [5, 5.41) is 0. The van der Waals surface area contributed by atoms with Gasteiger partial charge in [0.2, 0.25) is 0 Å². The van der Waals surface area contributed by atoms with Crippen LogP contribution in [0.4, 0.5) is 0 Å². The Morgan fingerprint density at radius 1 is 1.15 bits per heavy atom. The number of rotatable bonds is 6. The van der Waals surface area contributed by atoms with Gasteiger partial charge in [-0.25, -0.2) is 12.7 Å². The normalized spacial score (nSPS) is 12.0. The average molecular weight is 432 g/mol. The van der Waals surface area contributed by atoms with Crippen molar-refractivity contribution in [1.82, 2.24) is 4.31 Å². The van der Waals surface area contributed by atoms with E-state index in [1.54, 1.807) is 24.3 Å². The van der Waals surface area contributed by atoms with Gasteiger partial charge in [-0.1, -0.05) is 65.3 Å². The van der Waals surface area contributed by atoms with E-state index in [9.17, 15) is 8.42 Å². The van der Waals surface area contributed by atoms with Crippen LogP contribution in [0.25, 0.3) is 0 Å². The molecule has 26 heavy (non-hydrogen) atoms. The van der Waals surface area contributed by atoms with Gasteiger partial charge in [-0.15, -0.1) is 0 Å². The van der Waals surface area contributed by atoms with Crippen molar-refractivity contribution in [1.29, 1.82) is 0 Å². The predicted octanol–water partition coefficient (Wildman–Crippen LogP) is 5.07. The van der Waals surface area contributed by atoms with Crippen LogP contribution in [0.3, 0.4) is 0 Å². The summed E-state index contributed by atoms with van der Waals surface area (Å²) in [5.41, 5.74) is 1.77. The van der Waals surface area contributed by atoms with E-state index in [0.29, 0.717) is 12.8 Å². The van der Waals surface area contributed by atoms with Crippen molar-refractivity contribution in [3.05, 3.63) is 76.8 Å². The van der Waals surface area contributed by atoms with Crippen molar-refractivity contribution in [3.63, 3.8) is 0 Å². The largest absolute Gasteiger partial charge is 0.271 e. The SMILES string of the molecule is C=C(Br)CC(CC)N(C#Cc1ccccc1)S(=O)(=O)c1ccc(C)cc1. The lowest BCUT2D eigenvalue weighted by molar-refractivity contribution is 0.403. The van der Waals surface area contributed by atoms with E-state index < -0.39 is 10.0 Å².